The Morgan fingerprint density at radius 3 is 2.75 bits per heavy atom. The van der Waals surface area contributed by atoms with E-state index in [1.165, 1.54) is 0 Å². The number of aryl methyl sites for hydroxylation is 1. The molecule has 0 saturated carbocycles. The highest BCUT2D eigenvalue weighted by molar-refractivity contribution is 6.33. The lowest BCUT2D eigenvalue weighted by Gasteiger charge is -2.21. The summed E-state index contributed by atoms with van der Waals surface area (Å²) in [5.74, 6) is 0. The first-order valence-corrected chi connectivity index (χ1v) is 7.63. The van der Waals surface area contributed by atoms with Gasteiger partial charge in [-0.05, 0) is 42.8 Å². The zero-order valence-electron chi connectivity index (χ0n) is 11.7. The Labute approximate surface area is 129 Å². The quantitative estimate of drug-likeness (QED) is 0.862. The smallest absolute Gasteiger partial charge is 0.0763 e. The van der Waals surface area contributed by atoms with Crippen molar-refractivity contribution in [2.24, 2.45) is 0 Å². The van der Waals surface area contributed by atoms with Gasteiger partial charge in [0.05, 0.1) is 11.7 Å². The lowest BCUT2D eigenvalue weighted by molar-refractivity contribution is 0.520. The first-order valence-electron chi connectivity index (χ1n) is 6.87. The van der Waals surface area contributed by atoms with E-state index in [1.54, 1.807) is 6.07 Å². The van der Waals surface area contributed by atoms with Gasteiger partial charge in [0.15, 0.2) is 0 Å². The summed E-state index contributed by atoms with van der Waals surface area (Å²) in [6.45, 7) is 5.94. The SMILES string of the molecule is CCCn1nccc1C(NCC)c1cc(Cl)ccc1Cl. The summed E-state index contributed by atoms with van der Waals surface area (Å²) in [4.78, 5) is 0. The van der Waals surface area contributed by atoms with Gasteiger partial charge in [0.25, 0.3) is 0 Å². The molecule has 1 aromatic heterocycles. The average Bonchev–Trinajstić information content (AvgIpc) is 2.88. The van der Waals surface area contributed by atoms with Crippen LogP contribution in [0.5, 0.6) is 0 Å². The highest BCUT2D eigenvalue weighted by Gasteiger charge is 2.20. The van der Waals surface area contributed by atoms with Gasteiger partial charge in [-0.2, -0.15) is 5.10 Å². The summed E-state index contributed by atoms with van der Waals surface area (Å²) in [5, 5.41) is 9.25. The molecule has 0 aliphatic rings. The van der Waals surface area contributed by atoms with Gasteiger partial charge in [0.1, 0.15) is 0 Å². The van der Waals surface area contributed by atoms with Gasteiger partial charge in [0.2, 0.25) is 0 Å². The maximum Gasteiger partial charge on any atom is 0.0763 e. The van der Waals surface area contributed by atoms with Crippen LogP contribution in [0.1, 0.15) is 37.6 Å². The van der Waals surface area contributed by atoms with Crippen LogP contribution in [0.3, 0.4) is 0 Å². The molecule has 3 nitrogen and oxygen atoms in total. The van der Waals surface area contributed by atoms with E-state index in [0.29, 0.717) is 10.0 Å². The van der Waals surface area contributed by atoms with Crippen molar-refractivity contribution >= 4 is 23.2 Å². The molecule has 0 radical (unpaired) electrons. The molecular weight excluding hydrogens is 293 g/mol. The van der Waals surface area contributed by atoms with Crippen LogP contribution in [0.4, 0.5) is 0 Å². The van der Waals surface area contributed by atoms with Crippen molar-refractivity contribution in [1.82, 2.24) is 15.1 Å². The van der Waals surface area contributed by atoms with Crippen LogP contribution >= 0.6 is 23.2 Å². The van der Waals surface area contributed by atoms with Gasteiger partial charge in [-0.1, -0.05) is 37.0 Å². The molecule has 1 unspecified atom stereocenters. The number of hydrogen-bond donors (Lipinski definition) is 1. The van der Waals surface area contributed by atoms with Crippen molar-refractivity contribution in [3.05, 3.63) is 51.8 Å². The second-order valence-corrected chi connectivity index (χ2v) is 5.48. The standard InChI is InChI=1S/C15H19Cl2N3/c1-3-9-20-14(7-8-19-20)15(18-4-2)12-10-11(16)5-6-13(12)17/h5-8,10,15,18H,3-4,9H2,1-2H3. The normalized spacial score (nSPS) is 12.6. The number of rotatable bonds is 6. The number of halogens is 2. The number of aromatic nitrogens is 2. The van der Waals surface area contributed by atoms with Crippen molar-refractivity contribution in [2.45, 2.75) is 32.9 Å². The lowest BCUT2D eigenvalue weighted by Crippen LogP contribution is -2.25. The predicted octanol–water partition coefficient (Wildman–Crippen LogP) is 4.30. The molecule has 0 aliphatic heterocycles. The molecule has 1 N–H and O–H groups in total. The minimum atomic E-state index is 0.000231. The largest absolute Gasteiger partial charge is 0.305 e. The van der Waals surface area contributed by atoms with E-state index in [1.807, 2.05) is 29.1 Å². The van der Waals surface area contributed by atoms with Crippen LogP contribution in [-0.4, -0.2) is 16.3 Å². The fraction of sp³-hybridized carbons (Fsp3) is 0.400. The average molecular weight is 312 g/mol. The van der Waals surface area contributed by atoms with Gasteiger partial charge in [-0.25, -0.2) is 0 Å². The molecular formula is C15H19Cl2N3. The molecule has 1 heterocycles. The van der Waals surface area contributed by atoms with E-state index in [0.717, 1.165) is 30.8 Å². The van der Waals surface area contributed by atoms with E-state index in [-0.39, 0.29) is 6.04 Å². The summed E-state index contributed by atoms with van der Waals surface area (Å²) < 4.78 is 2.02. The molecule has 2 rings (SSSR count). The minimum absolute atomic E-state index is 0.000231. The molecule has 5 heteroatoms. The summed E-state index contributed by atoms with van der Waals surface area (Å²) in [6.07, 6.45) is 2.87. The highest BCUT2D eigenvalue weighted by atomic mass is 35.5. The van der Waals surface area contributed by atoms with Crippen LogP contribution in [-0.2, 0) is 6.54 Å². The van der Waals surface area contributed by atoms with E-state index in [4.69, 9.17) is 23.2 Å². The summed E-state index contributed by atoms with van der Waals surface area (Å²) in [6, 6.07) is 7.59. The molecule has 0 aliphatic carbocycles. The van der Waals surface area contributed by atoms with Gasteiger partial charge in [0, 0.05) is 22.8 Å². The topological polar surface area (TPSA) is 29.9 Å². The molecule has 2 aromatic rings. The molecule has 1 atom stereocenters. The Bertz CT molecular complexity index is 566. The summed E-state index contributed by atoms with van der Waals surface area (Å²) >= 11 is 12.5. The van der Waals surface area contributed by atoms with Crippen LogP contribution < -0.4 is 5.32 Å². The van der Waals surface area contributed by atoms with E-state index < -0.39 is 0 Å². The highest BCUT2D eigenvalue weighted by Crippen LogP contribution is 2.30. The van der Waals surface area contributed by atoms with Crippen molar-refractivity contribution < 1.29 is 0 Å². The Kier molecular flexibility index (Phi) is 5.46. The molecule has 108 valence electrons. The van der Waals surface area contributed by atoms with Crippen molar-refractivity contribution in [3.63, 3.8) is 0 Å². The third-order valence-electron chi connectivity index (χ3n) is 3.16. The molecule has 1 aromatic carbocycles. The van der Waals surface area contributed by atoms with E-state index in [2.05, 4.69) is 24.3 Å². The number of benzene rings is 1. The molecule has 20 heavy (non-hydrogen) atoms. The first-order chi connectivity index (χ1) is 9.67. The van der Waals surface area contributed by atoms with Crippen LogP contribution in [0.2, 0.25) is 10.0 Å². The summed E-state index contributed by atoms with van der Waals surface area (Å²) in [7, 11) is 0. The maximum atomic E-state index is 6.34. The Morgan fingerprint density at radius 2 is 2.05 bits per heavy atom. The van der Waals surface area contributed by atoms with Gasteiger partial charge >= 0.3 is 0 Å². The van der Waals surface area contributed by atoms with Crippen molar-refractivity contribution in [1.29, 1.82) is 0 Å². The number of nitrogens with one attached hydrogen (secondary N) is 1. The van der Waals surface area contributed by atoms with Crippen molar-refractivity contribution in [2.75, 3.05) is 6.54 Å². The maximum absolute atomic E-state index is 6.34. The first kappa shape index (κ1) is 15.4. The Hall–Kier alpha value is -1.03. The number of nitrogens with zero attached hydrogens (tertiary/aromatic N) is 2. The van der Waals surface area contributed by atoms with Crippen molar-refractivity contribution in [3.8, 4) is 0 Å². The molecule has 0 bridgehead atoms. The molecule has 0 fully saturated rings. The number of hydrogen-bond acceptors (Lipinski definition) is 2. The molecule has 0 saturated heterocycles. The Balaban J connectivity index is 2.44. The zero-order valence-corrected chi connectivity index (χ0v) is 13.2. The van der Waals surface area contributed by atoms with Crippen LogP contribution in [0, 0.1) is 0 Å². The third-order valence-corrected chi connectivity index (χ3v) is 3.74. The second-order valence-electron chi connectivity index (χ2n) is 4.64. The Morgan fingerprint density at radius 1 is 1.25 bits per heavy atom. The molecule has 0 amide bonds. The monoisotopic (exact) mass is 311 g/mol. The van der Waals surface area contributed by atoms with Crippen LogP contribution in [0.25, 0.3) is 0 Å². The fourth-order valence-corrected chi connectivity index (χ4v) is 2.71. The van der Waals surface area contributed by atoms with Gasteiger partial charge in [-0.3, -0.25) is 4.68 Å². The van der Waals surface area contributed by atoms with E-state index >= 15 is 0 Å². The second kappa shape index (κ2) is 7.11. The summed E-state index contributed by atoms with van der Waals surface area (Å²) in [5.41, 5.74) is 2.09. The predicted molar refractivity (Wildman–Crippen MR) is 84.5 cm³/mol. The molecule has 0 spiro atoms. The van der Waals surface area contributed by atoms with E-state index in [9.17, 15) is 0 Å². The fourth-order valence-electron chi connectivity index (χ4n) is 2.30. The van der Waals surface area contributed by atoms with Gasteiger partial charge < -0.3 is 5.32 Å². The van der Waals surface area contributed by atoms with Crippen LogP contribution in [0.15, 0.2) is 30.5 Å². The lowest BCUT2D eigenvalue weighted by atomic mass is 10.0. The third kappa shape index (κ3) is 3.35. The van der Waals surface area contributed by atoms with Gasteiger partial charge in [-0.15, -0.1) is 0 Å². The zero-order chi connectivity index (χ0) is 14.5. The minimum Gasteiger partial charge on any atom is -0.305 e.